The molecular weight excluding hydrogens is 449 g/mol. The first-order chi connectivity index (χ1) is 16.8. The van der Waals surface area contributed by atoms with Crippen LogP contribution in [-0.2, 0) is 5.41 Å². The molecule has 10 heteroatoms. The van der Waals surface area contributed by atoms with Crippen LogP contribution in [0.3, 0.4) is 0 Å². The summed E-state index contributed by atoms with van der Waals surface area (Å²) in [5.74, 6) is 0.578. The average molecular weight is 482 g/mol. The summed E-state index contributed by atoms with van der Waals surface area (Å²) in [7, 11) is 0. The van der Waals surface area contributed by atoms with Crippen LogP contribution >= 0.6 is 0 Å². The van der Waals surface area contributed by atoms with Gasteiger partial charge in [-0.1, -0.05) is 18.1 Å². The fraction of sp³-hybridized carbons (Fsp3) is 0.600. The molecule has 3 atom stereocenters. The average Bonchev–Trinajstić information content (AvgIpc) is 3.23. The Hall–Kier alpha value is -3.19. The molecule has 3 heterocycles. The maximum atomic E-state index is 13.4. The van der Waals surface area contributed by atoms with E-state index >= 15 is 0 Å². The number of anilines is 2. The topological polar surface area (TPSA) is 102 Å². The van der Waals surface area contributed by atoms with Crippen molar-refractivity contribution >= 4 is 17.4 Å². The van der Waals surface area contributed by atoms with Gasteiger partial charge >= 0.3 is 6.03 Å². The number of carbonyl (C=O) groups is 1. The summed E-state index contributed by atoms with van der Waals surface area (Å²) in [4.78, 5) is 24.1. The lowest BCUT2D eigenvalue weighted by Crippen LogP contribution is -2.49. The Morgan fingerprint density at radius 3 is 2.69 bits per heavy atom. The van der Waals surface area contributed by atoms with Gasteiger partial charge in [-0.3, -0.25) is 4.90 Å². The van der Waals surface area contributed by atoms with Crippen molar-refractivity contribution in [2.24, 2.45) is 0 Å². The Morgan fingerprint density at radius 1 is 1.29 bits per heavy atom. The molecule has 3 aliphatic rings. The molecule has 2 aliphatic heterocycles. The number of amides is 2. The van der Waals surface area contributed by atoms with E-state index in [0.29, 0.717) is 54.9 Å². The largest absolute Gasteiger partial charge is 0.367 e. The maximum Gasteiger partial charge on any atom is 0.321 e. The summed E-state index contributed by atoms with van der Waals surface area (Å²) < 4.78 is 18.7. The second-order valence-electron chi connectivity index (χ2n) is 10.4. The number of alkyl halides is 1. The lowest BCUT2D eigenvalue weighted by molar-refractivity contribution is 0.209. The highest BCUT2D eigenvalue weighted by molar-refractivity contribution is 5.95. The van der Waals surface area contributed by atoms with Crippen LogP contribution in [0.25, 0.3) is 0 Å². The Labute approximate surface area is 204 Å². The van der Waals surface area contributed by atoms with E-state index in [1.54, 1.807) is 11.0 Å². The minimum atomic E-state index is -0.898. The van der Waals surface area contributed by atoms with Gasteiger partial charge in [0.25, 0.3) is 0 Å². The molecule has 1 saturated carbocycles. The van der Waals surface area contributed by atoms with Crippen LogP contribution < -0.4 is 10.2 Å². The van der Waals surface area contributed by atoms with E-state index in [1.165, 1.54) is 0 Å². The van der Waals surface area contributed by atoms with Crippen LogP contribution in [0.4, 0.5) is 20.6 Å². The number of nitrogens with one attached hydrogen (secondary N) is 1. The molecule has 2 aromatic rings. The number of urea groups is 1. The number of carbonyl (C=O) groups excluding carboxylic acids is 1. The Balaban J connectivity index is 1.29. The third kappa shape index (κ3) is 4.57. The zero-order valence-electron chi connectivity index (χ0n) is 20.5. The number of likely N-dealkylation sites (tertiary alicyclic amines) is 1. The van der Waals surface area contributed by atoms with Crippen LogP contribution in [0.15, 0.2) is 22.7 Å². The number of benzene rings is 1. The van der Waals surface area contributed by atoms with Gasteiger partial charge in [0.15, 0.2) is 5.82 Å². The van der Waals surface area contributed by atoms with Crippen LogP contribution in [-0.4, -0.2) is 77.5 Å². The first kappa shape index (κ1) is 23.5. The lowest BCUT2D eigenvalue weighted by Gasteiger charge is -2.39. The van der Waals surface area contributed by atoms with E-state index in [-0.39, 0.29) is 11.9 Å². The second-order valence-corrected chi connectivity index (χ2v) is 10.4. The van der Waals surface area contributed by atoms with E-state index in [9.17, 15) is 14.4 Å². The molecule has 0 bridgehead atoms. The zero-order chi connectivity index (χ0) is 24.7. The second kappa shape index (κ2) is 9.11. The molecule has 1 N–H and O–H groups in total. The predicted octanol–water partition coefficient (Wildman–Crippen LogP) is 3.49. The minimum Gasteiger partial charge on any atom is -0.367 e. The third-order valence-electron chi connectivity index (χ3n) is 7.55. The normalized spacial score (nSPS) is 26.7. The Kier molecular flexibility index (Phi) is 6.13. The van der Waals surface area contributed by atoms with Gasteiger partial charge in [-0.2, -0.15) is 10.2 Å². The molecule has 186 valence electrons. The summed E-state index contributed by atoms with van der Waals surface area (Å²) in [5, 5.41) is 16.9. The van der Waals surface area contributed by atoms with Gasteiger partial charge in [-0.05, 0) is 38.8 Å². The summed E-state index contributed by atoms with van der Waals surface area (Å²) in [6.07, 6.45) is 0.206. The monoisotopic (exact) mass is 481 g/mol. The highest BCUT2D eigenvalue weighted by Crippen LogP contribution is 2.43. The molecule has 0 spiro atoms. The van der Waals surface area contributed by atoms with Gasteiger partial charge in [0, 0.05) is 45.3 Å². The van der Waals surface area contributed by atoms with Crippen molar-refractivity contribution in [3.05, 3.63) is 35.5 Å². The number of nitriles is 1. The number of para-hydroxylation sites is 1. The van der Waals surface area contributed by atoms with E-state index in [1.807, 2.05) is 19.1 Å². The molecule has 0 radical (unpaired) electrons. The van der Waals surface area contributed by atoms with Crippen molar-refractivity contribution in [2.45, 2.75) is 57.2 Å². The number of aromatic nitrogens is 2. The molecule has 3 fully saturated rings. The summed E-state index contributed by atoms with van der Waals surface area (Å²) in [5.41, 5.74) is 1.40. The Bertz CT molecular complexity index is 1140. The number of hydrogen-bond acceptors (Lipinski definition) is 7. The minimum absolute atomic E-state index is 0.256. The highest BCUT2D eigenvalue weighted by atomic mass is 19.1. The van der Waals surface area contributed by atoms with Gasteiger partial charge < -0.3 is 19.6 Å². The maximum absolute atomic E-state index is 13.4. The van der Waals surface area contributed by atoms with Gasteiger partial charge in [0.2, 0.25) is 5.89 Å². The van der Waals surface area contributed by atoms with E-state index < -0.39 is 11.6 Å². The van der Waals surface area contributed by atoms with Crippen molar-refractivity contribution in [3.8, 4) is 6.07 Å². The first-order valence-corrected chi connectivity index (χ1v) is 12.4. The third-order valence-corrected chi connectivity index (χ3v) is 7.55. The van der Waals surface area contributed by atoms with E-state index in [0.717, 1.165) is 31.9 Å². The fourth-order valence-corrected chi connectivity index (χ4v) is 5.06. The standard InChI is InChI=1S/C25H32FN7O2/c1-16(2)31-9-11-32(12-10-31)20-6-4-5-17(14-27)21(20)28-24(34)33-8-7-25(3,15-33)23-29-22(35-30-23)18-13-19(18)26/h4-6,16,18-19H,7-13,15H2,1-3H3,(H,28,34)/t18-,19+,25-/m1/s1. The van der Waals surface area contributed by atoms with Gasteiger partial charge in [0.05, 0.1) is 28.3 Å². The Morgan fingerprint density at radius 2 is 2.03 bits per heavy atom. The van der Waals surface area contributed by atoms with Crippen molar-refractivity contribution < 1.29 is 13.7 Å². The smallest absolute Gasteiger partial charge is 0.321 e. The van der Waals surface area contributed by atoms with Crippen LogP contribution in [0.5, 0.6) is 0 Å². The molecule has 0 unspecified atom stereocenters. The van der Waals surface area contributed by atoms with Crippen LogP contribution in [0, 0.1) is 11.3 Å². The van der Waals surface area contributed by atoms with Crippen LogP contribution in [0.1, 0.15) is 56.8 Å². The molecular formula is C25H32FN7O2. The highest BCUT2D eigenvalue weighted by Gasteiger charge is 2.46. The zero-order valence-corrected chi connectivity index (χ0v) is 20.5. The summed E-state index contributed by atoms with van der Waals surface area (Å²) in [6.45, 7) is 10.9. The SMILES string of the molecule is CC(C)N1CCN(c2cccc(C#N)c2NC(=O)N2CC[C@@](C)(c3noc([C@@H]4C[C@@H]4F)n3)C2)CC1. The molecule has 1 aromatic carbocycles. The van der Waals surface area contributed by atoms with Gasteiger partial charge in [-0.25, -0.2) is 9.18 Å². The first-order valence-electron chi connectivity index (χ1n) is 12.4. The number of rotatable bonds is 5. The van der Waals surface area contributed by atoms with E-state index in [4.69, 9.17) is 4.52 Å². The molecule has 1 aliphatic carbocycles. The number of nitrogens with zero attached hydrogens (tertiary/aromatic N) is 6. The number of halogens is 1. The number of piperazine rings is 1. The summed E-state index contributed by atoms with van der Waals surface area (Å²) >= 11 is 0. The van der Waals surface area contributed by atoms with Crippen molar-refractivity contribution in [2.75, 3.05) is 49.5 Å². The molecule has 1 aromatic heterocycles. The molecule has 2 amide bonds. The van der Waals surface area contributed by atoms with Crippen molar-refractivity contribution in [3.63, 3.8) is 0 Å². The molecule has 35 heavy (non-hydrogen) atoms. The number of hydrogen-bond donors (Lipinski definition) is 1. The van der Waals surface area contributed by atoms with Gasteiger partial charge in [0.1, 0.15) is 12.2 Å². The molecule has 5 rings (SSSR count). The summed E-state index contributed by atoms with van der Waals surface area (Å²) in [6, 6.07) is 8.02. The molecule has 2 saturated heterocycles. The van der Waals surface area contributed by atoms with Gasteiger partial charge in [-0.15, -0.1) is 0 Å². The van der Waals surface area contributed by atoms with Crippen molar-refractivity contribution in [1.29, 1.82) is 5.26 Å². The van der Waals surface area contributed by atoms with E-state index in [2.05, 4.69) is 45.2 Å². The quantitative estimate of drug-likeness (QED) is 0.697. The fourth-order valence-electron chi connectivity index (χ4n) is 5.06. The molecule has 9 nitrogen and oxygen atoms in total. The predicted molar refractivity (Wildman–Crippen MR) is 129 cm³/mol. The van der Waals surface area contributed by atoms with Crippen LogP contribution in [0.2, 0.25) is 0 Å². The lowest BCUT2D eigenvalue weighted by atomic mass is 9.89. The van der Waals surface area contributed by atoms with Crippen molar-refractivity contribution in [1.82, 2.24) is 19.9 Å².